The predicted octanol–water partition coefficient (Wildman–Crippen LogP) is 12.8. The third kappa shape index (κ3) is 16.5. The average Bonchev–Trinajstić information content (AvgIpc) is 3.08. The molecule has 2 aromatic carbocycles. The van der Waals surface area contributed by atoms with Crippen LogP contribution in [0, 0.1) is 0 Å². The van der Waals surface area contributed by atoms with Crippen LogP contribution >= 0.6 is 0 Å². The molecule has 46 heavy (non-hydrogen) atoms. The highest BCUT2D eigenvalue weighted by Crippen LogP contribution is 2.19. The van der Waals surface area contributed by atoms with Crippen molar-refractivity contribution >= 4 is 23.5 Å². The molecular weight excluding hydrogens is 556 g/mol. The van der Waals surface area contributed by atoms with Gasteiger partial charge in [-0.3, -0.25) is 0 Å². The van der Waals surface area contributed by atoms with Crippen molar-refractivity contribution in [1.82, 2.24) is 0 Å². The van der Waals surface area contributed by atoms with E-state index < -0.39 is 0 Å². The van der Waals surface area contributed by atoms with Gasteiger partial charge >= 0.3 is 0 Å². The fourth-order valence-corrected chi connectivity index (χ4v) is 5.00. The van der Waals surface area contributed by atoms with Crippen molar-refractivity contribution in [3.63, 3.8) is 0 Å². The number of allylic oxidation sites excluding steroid dienone is 12. The molecule has 0 bridgehead atoms. The molecule has 0 unspecified atom stereocenters. The van der Waals surface area contributed by atoms with Gasteiger partial charge in [-0.05, 0) is 74.9 Å². The van der Waals surface area contributed by atoms with E-state index in [2.05, 4.69) is 173 Å². The third-order valence-corrected chi connectivity index (χ3v) is 7.99. The molecule has 0 aliphatic heterocycles. The number of nitrogens with zero attached hydrogens (tertiary/aromatic N) is 2. The summed E-state index contributed by atoms with van der Waals surface area (Å²) in [5.41, 5.74) is 7.57. The summed E-state index contributed by atoms with van der Waals surface area (Å²) in [6.07, 6.45) is 35.5. The average molecular weight is 619 g/mol. The molecule has 2 rings (SSSR count). The summed E-state index contributed by atoms with van der Waals surface area (Å²) in [5, 5.41) is 0. The number of anilines is 2. The highest BCUT2D eigenvalue weighted by molar-refractivity contribution is 5.58. The van der Waals surface area contributed by atoms with Crippen LogP contribution in [0.2, 0.25) is 0 Å². The summed E-state index contributed by atoms with van der Waals surface area (Å²) in [5.74, 6) is 0. The first kappa shape index (κ1) is 38.4. The minimum Gasteiger partial charge on any atom is -0.372 e. The fraction of sp³-hybridized carbons (Fsp3) is 0.409. The van der Waals surface area contributed by atoms with E-state index in [1.54, 1.807) is 0 Å². The van der Waals surface area contributed by atoms with Gasteiger partial charge in [-0.1, -0.05) is 162 Å². The first-order chi connectivity index (χ1) is 22.5. The van der Waals surface area contributed by atoms with Crippen LogP contribution in [-0.4, -0.2) is 26.2 Å². The van der Waals surface area contributed by atoms with Crippen molar-refractivity contribution in [3.05, 3.63) is 132 Å². The van der Waals surface area contributed by atoms with E-state index in [1.807, 2.05) is 0 Å². The summed E-state index contributed by atoms with van der Waals surface area (Å²) in [6.45, 7) is 17.9. The Morgan fingerprint density at radius 2 is 0.783 bits per heavy atom. The minimum absolute atomic E-state index is 1.14. The smallest absolute Gasteiger partial charge is 0.0366 e. The third-order valence-electron chi connectivity index (χ3n) is 7.99. The Bertz CT molecular complexity index is 1160. The fourth-order valence-electron chi connectivity index (χ4n) is 5.00. The lowest BCUT2D eigenvalue weighted by Gasteiger charge is -2.24. The maximum absolute atomic E-state index is 2.53. The highest BCUT2D eigenvalue weighted by Gasteiger charge is 2.06. The van der Waals surface area contributed by atoms with Crippen LogP contribution in [0.1, 0.15) is 104 Å². The van der Waals surface area contributed by atoms with Gasteiger partial charge in [-0.15, -0.1) is 0 Å². The summed E-state index contributed by atoms with van der Waals surface area (Å²) in [6, 6.07) is 18.0. The van der Waals surface area contributed by atoms with Gasteiger partial charge in [0.1, 0.15) is 0 Å². The molecule has 0 atom stereocenters. The van der Waals surface area contributed by atoms with Gasteiger partial charge in [0.15, 0.2) is 0 Å². The molecule has 0 heterocycles. The largest absolute Gasteiger partial charge is 0.372 e. The van der Waals surface area contributed by atoms with Gasteiger partial charge in [0.25, 0.3) is 0 Å². The summed E-state index contributed by atoms with van der Waals surface area (Å²) in [7, 11) is 0. The van der Waals surface area contributed by atoms with Crippen molar-refractivity contribution in [3.8, 4) is 0 Å². The number of unbranched alkanes of at least 4 members (excludes halogenated alkanes) is 4. The highest BCUT2D eigenvalue weighted by atomic mass is 15.1. The van der Waals surface area contributed by atoms with E-state index in [0.717, 1.165) is 26.2 Å². The van der Waals surface area contributed by atoms with Crippen molar-refractivity contribution < 1.29 is 0 Å². The molecule has 0 spiro atoms. The van der Waals surface area contributed by atoms with E-state index in [9.17, 15) is 0 Å². The Hall–Kier alpha value is -3.78. The zero-order valence-electron chi connectivity index (χ0n) is 29.9. The van der Waals surface area contributed by atoms with Gasteiger partial charge < -0.3 is 9.80 Å². The normalized spacial score (nSPS) is 13.0. The van der Waals surface area contributed by atoms with Crippen molar-refractivity contribution in [2.24, 2.45) is 0 Å². The second-order valence-corrected chi connectivity index (χ2v) is 12.2. The predicted molar refractivity (Wildman–Crippen MR) is 210 cm³/mol. The van der Waals surface area contributed by atoms with E-state index >= 15 is 0 Å². The van der Waals surface area contributed by atoms with Gasteiger partial charge in [0.05, 0.1) is 0 Å². The van der Waals surface area contributed by atoms with E-state index in [4.69, 9.17) is 0 Å². The number of rotatable bonds is 22. The van der Waals surface area contributed by atoms with Crippen molar-refractivity contribution in [1.29, 1.82) is 0 Å². The van der Waals surface area contributed by atoms with Gasteiger partial charge in [-0.25, -0.2) is 0 Å². The standard InChI is InChI=1S/C44H62N2/c1-7-11-35-45(36-12-8-2)43-31-27-41(28-32-43)25-19-17-23-39(5)21-15-16-22-40(6)24-18-20-26-42-29-33-44(34-30-42)46(37-13-9-3)38-14-10-4/h15-34H,7-14,35-38H2,1-6H3/b16-15+,23-17+,24-18+,25-19+,26-20+,39-21+,40-22+. The molecular formula is C44H62N2. The van der Waals surface area contributed by atoms with E-state index in [-0.39, 0.29) is 0 Å². The Morgan fingerprint density at radius 1 is 0.457 bits per heavy atom. The number of hydrogen-bond acceptors (Lipinski definition) is 2. The second-order valence-electron chi connectivity index (χ2n) is 12.2. The monoisotopic (exact) mass is 618 g/mol. The molecule has 2 heteroatoms. The summed E-state index contributed by atoms with van der Waals surface area (Å²) < 4.78 is 0. The SMILES string of the molecule is CCCCN(CCCC)c1ccc(/C=C/C=C/C(C)=C/C=C/C=C(C)/C=C/C=C/c2ccc(N(CCCC)CCCC)cc2)cc1. The Labute approximate surface area is 283 Å². The maximum Gasteiger partial charge on any atom is 0.0366 e. The first-order valence-electron chi connectivity index (χ1n) is 17.9. The van der Waals surface area contributed by atoms with E-state index in [1.165, 1.54) is 85.0 Å². The zero-order chi connectivity index (χ0) is 33.2. The molecule has 0 saturated carbocycles. The lowest BCUT2D eigenvalue weighted by atomic mass is 10.1. The molecule has 0 aliphatic carbocycles. The molecule has 0 fully saturated rings. The molecule has 0 aliphatic rings. The summed E-state index contributed by atoms with van der Waals surface area (Å²) in [4.78, 5) is 5.06. The maximum atomic E-state index is 2.53. The molecule has 0 N–H and O–H groups in total. The first-order valence-corrected chi connectivity index (χ1v) is 17.9. The Kier molecular flexibility index (Phi) is 20.4. The van der Waals surface area contributed by atoms with Crippen LogP contribution in [0.4, 0.5) is 11.4 Å². The van der Waals surface area contributed by atoms with Crippen LogP contribution in [0.25, 0.3) is 12.2 Å². The number of hydrogen-bond donors (Lipinski definition) is 0. The Morgan fingerprint density at radius 3 is 1.09 bits per heavy atom. The molecule has 2 aromatic rings. The topological polar surface area (TPSA) is 6.48 Å². The van der Waals surface area contributed by atoms with Gasteiger partial charge in [-0.2, -0.15) is 0 Å². The second kappa shape index (κ2) is 24.5. The van der Waals surface area contributed by atoms with Gasteiger partial charge in [0.2, 0.25) is 0 Å². The molecule has 0 saturated heterocycles. The van der Waals surface area contributed by atoms with Gasteiger partial charge in [0, 0.05) is 37.6 Å². The van der Waals surface area contributed by atoms with E-state index in [0.29, 0.717) is 0 Å². The molecule has 248 valence electrons. The van der Waals surface area contributed by atoms with Crippen molar-refractivity contribution in [2.45, 2.75) is 92.9 Å². The minimum atomic E-state index is 1.14. The Balaban J connectivity index is 1.82. The van der Waals surface area contributed by atoms with Crippen molar-refractivity contribution in [2.75, 3.05) is 36.0 Å². The quantitative estimate of drug-likeness (QED) is 0.121. The van der Waals surface area contributed by atoms with Crippen LogP contribution < -0.4 is 9.80 Å². The molecule has 0 radical (unpaired) electrons. The van der Waals surface area contributed by atoms with Crippen LogP contribution in [0.5, 0.6) is 0 Å². The lowest BCUT2D eigenvalue weighted by Crippen LogP contribution is -2.25. The van der Waals surface area contributed by atoms with Crippen LogP contribution in [0.3, 0.4) is 0 Å². The molecule has 0 amide bonds. The lowest BCUT2D eigenvalue weighted by molar-refractivity contribution is 0.678. The summed E-state index contributed by atoms with van der Waals surface area (Å²) >= 11 is 0. The zero-order valence-corrected chi connectivity index (χ0v) is 29.9. The number of benzene rings is 2. The molecule has 2 nitrogen and oxygen atoms in total. The van der Waals surface area contributed by atoms with Crippen LogP contribution in [0.15, 0.2) is 120 Å². The van der Waals surface area contributed by atoms with Crippen LogP contribution in [-0.2, 0) is 0 Å². The molecule has 0 aromatic heterocycles.